The summed E-state index contributed by atoms with van der Waals surface area (Å²) in [4.78, 5) is 14.9. The fraction of sp³-hybridized carbons (Fsp3) is 0.136. The maximum Gasteiger partial charge on any atom is 0.253 e. The van der Waals surface area contributed by atoms with Gasteiger partial charge in [0.2, 0.25) is 10.0 Å². The van der Waals surface area contributed by atoms with Crippen molar-refractivity contribution in [3.05, 3.63) is 88.9 Å². The molecule has 0 saturated heterocycles. The van der Waals surface area contributed by atoms with Crippen LogP contribution in [-0.2, 0) is 16.6 Å². The van der Waals surface area contributed by atoms with Crippen LogP contribution >= 0.6 is 23.4 Å². The number of nitrogens with one attached hydrogen (secondary N) is 1. The van der Waals surface area contributed by atoms with E-state index < -0.39 is 15.9 Å². The largest absolute Gasteiger partial charge is 0.348 e. The molecule has 5 nitrogen and oxygen atoms in total. The van der Waals surface area contributed by atoms with Gasteiger partial charge >= 0.3 is 0 Å². The van der Waals surface area contributed by atoms with Crippen molar-refractivity contribution in [2.45, 2.75) is 21.2 Å². The number of benzene rings is 3. The van der Waals surface area contributed by atoms with Crippen LogP contribution in [0, 0.1) is 0 Å². The second-order valence-electron chi connectivity index (χ2n) is 6.63. The molecule has 8 heteroatoms. The van der Waals surface area contributed by atoms with Crippen molar-refractivity contribution in [3.63, 3.8) is 0 Å². The number of nitrogens with zero attached hydrogens (tertiary/aromatic N) is 1. The molecular weight excluding hydrogens is 440 g/mol. The van der Waals surface area contributed by atoms with Gasteiger partial charge in [-0.15, -0.1) is 0 Å². The summed E-state index contributed by atoms with van der Waals surface area (Å²) in [6.45, 7) is 0.288. The van der Waals surface area contributed by atoms with Crippen molar-refractivity contribution >= 4 is 39.3 Å². The van der Waals surface area contributed by atoms with E-state index in [1.807, 2.05) is 54.6 Å². The number of hydrogen-bond acceptors (Lipinski definition) is 4. The smallest absolute Gasteiger partial charge is 0.253 e. The van der Waals surface area contributed by atoms with E-state index in [-0.39, 0.29) is 22.0 Å². The van der Waals surface area contributed by atoms with Gasteiger partial charge in [0.1, 0.15) is 0 Å². The van der Waals surface area contributed by atoms with E-state index in [1.165, 1.54) is 32.3 Å². The van der Waals surface area contributed by atoms with E-state index in [2.05, 4.69) is 5.32 Å². The summed E-state index contributed by atoms with van der Waals surface area (Å²) in [7, 11) is -0.796. The summed E-state index contributed by atoms with van der Waals surface area (Å²) in [5.74, 6) is -0.435. The first kappa shape index (κ1) is 22.4. The van der Waals surface area contributed by atoms with E-state index >= 15 is 0 Å². The molecular formula is C22H21ClN2O3S2. The summed E-state index contributed by atoms with van der Waals surface area (Å²) >= 11 is 7.78. The minimum Gasteiger partial charge on any atom is -0.348 e. The van der Waals surface area contributed by atoms with E-state index in [9.17, 15) is 13.2 Å². The lowest BCUT2D eigenvalue weighted by molar-refractivity contribution is 0.0950. The van der Waals surface area contributed by atoms with Crippen molar-refractivity contribution < 1.29 is 13.2 Å². The predicted molar refractivity (Wildman–Crippen MR) is 121 cm³/mol. The quantitative estimate of drug-likeness (QED) is 0.556. The molecule has 1 amide bonds. The van der Waals surface area contributed by atoms with Gasteiger partial charge in [-0.25, -0.2) is 12.7 Å². The summed E-state index contributed by atoms with van der Waals surface area (Å²) in [6.07, 6.45) is 0. The topological polar surface area (TPSA) is 66.5 Å². The molecule has 3 aromatic rings. The molecule has 0 fully saturated rings. The lowest BCUT2D eigenvalue weighted by Crippen LogP contribution is -2.25. The predicted octanol–water partition coefficient (Wildman–Crippen LogP) is 4.67. The zero-order valence-electron chi connectivity index (χ0n) is 16.5. The van der Waals surface area contributed by atoms with Gasteiger partial charge in [0.15, 0.2) is 0 Å². The molecule has 3 aromatic carbocycles. The lowest BCUT2D eigenvalue weighted by atomic mass is 10.2. The van der Waals surface area contributed by atoms with Crippen molar-refractivity contribution in [1.29, 1.82) is 0 Å². The Morgan fingerprint density at radius 3 is 2.37 bits per heavy atom. The van der Waals surface area contributed by atoms with Gasteiger partial charge < -0.3 is 5.32 Å². The number of hydrogen-bond donors (Lipinski definition) is 1. The van der Waals surface area contributed by atoms with Gasteiger partial charge in [-0.3, -0.25) is 4.79 Å². The van der Waals surface area contributed by atoms with Gasteiger partial charge in [-0.05, 0) is 42.0 Å². The molecule has 0 unspecified atom stereocenters. The molecule has 0 aliphatic carbocycles. The molecule has 0 aromatic heterocycles. The summed E-state index contributed by atoms with van der Waals surface area (Å²) in [6, 6.07) is 21.9. The SMILES string of the molecule is CN(C)S(=O)(=O)c1ccc(Cl)c(C(=O)NCc2ccccc2Sc2ccccc2)c1. The highest BCUT2D eigenvalue weighted by Gasteiger charge is 2.21. The average molecular weight is 461 g/mol. The van der Waals surface area contributed by atoms with Crippen LogP contribution in [0.1, 0.15) is 15.9 Å². The van der Waals surface area contributed by atoms with Gasteiger partial charge in [0.25, 0.3) is 5.91 Å². The van der Waals surface area contributed by atoms with E-state index in [0.717, 1.165) is 19.7 Å². The molecule has 0 radical (unpaired) electrons. The third-order valence-corrected chi connectivity index (χ3v) is 7.61. The Balaban J connectivity index is 1.79. The first-order chi connectivity index (χ1) is 14.3. The normalized spacial score (nSPS) is 11.5. The first-order valence-corrected chi connectivity index (χ1v) is 11.7. The Kier molecular flexibility index (Phi) is 7.20. The molecule has 0 heterocycles. The van der Waals surface area contributed by atoms with Crippen molar-refractivity contribution in [1.82, 2.24) is 9.62 Å². The number of carbonyl (C=O) groups excluding carboxylic acids is 1. The van der Waals surface area contributed by atoms with Crippen LogP contribution < -0.4 is 5.32 Å². The third-order valence-electron chi connectivity index (χ3n) is 4.34. The molecule has 0 bridgehead atoms. The minimum atomic E-state index is -3.67. The second-order valence-corrected chi connectivity index (χ2v) is 10.3. The molecule has 0 spiro atoms. The zero-order chi connectivity index (χ0) is 21.7. The van der Waals surface area contributed by atoms with Crippen molar-refractivity contribution in [2.75, 3.05) is 14.1 Å². The maximum absolute atomic E-state index is 12.7. The number of halogens is 1. The molecule has 0 aliphatic heterocycles. The molecule has 0 aliphatic rings. The Hall–Kier alpha value is -2.32. The first-order valence-electron chi connectivity index (χ1n) is 9.10. The maximum atomic E-state index is 12.7. The van der Waals surface area contributed by atoms with Crippen LogP contribution in [0.3, 0.4) is 0 Å². The Bertz CT molecular complexity index is 1150. The van der Waals surface area contributed by atoms with Crippen LogP contribution in [-0.4, -0.2) is 32.7 Å². The van der Waals surface area contributed by atoms with Crippen LogP contribution in [0.5, 0.6) is 0 Å². The monoisotopic (exact) mass is 460 g/mol. The minimum absolute atomic E-state index is 0.0158. The van der Waals surface area contributed by atoms with Gasteiger partial charge in [-0.1, -0.05) is 59.8 Å². The fourth-order valence-electron chi connectivity index (χ4n) is 2.69. The van der Waals surface area contributed by atoms with Gasteiger partial charge in [0.05, 0.1) is 15.5 Å². The summed E-state index contributed by atoms with van der Waals surface area (Å²) < 4.78 is 25.8. The lowest BCUT2D eigenvalue weighted by Gasteiger charge is -2.14. The van der Waals surface area contributed by atoms with E-state index in [4.69, 9.17) is 11.6 Å². The zero-order valence-corrected chi connectivity index (χ0v) is 18.9. The summed E-state index contributed by atoms with van der Waals surface area (Å²) in [5, 5.41) is 3.04. The molecule has 1 N–H and O–H groups in total. The third kappa shape index (κ3) is 5.23. The van der Waals surface area contributed by atoms with Crippen LogP contribution in [0.25, 0.3) is 0 Å². The number of amides is 1. The number of sulfonamides is 1. The Morgan fingerprint density at radius 1 is 1.00 bits per heavy atom. The van der Waals surface area contributed by atoms with Crippen LogP contribution in [0.2, 0.25) is 5.02 Å². The van der Waals surface area contributed by atoms with Crippen LogP contribution in [0.15, 0.2) is 87.5 Å². The van der Waals surface area contributed by atoms with E-state index in [1.54, 1.807) is 11.8 Å². The number of rotatable bonds is 7. The average Bonchev–Trinajstić information content (AvgIpc) is 2.73. The highest BCUT2D eigenvalue weighted by Crippen LogP contribution is 2.30. The number of carbonyl (C=O) groups is 1. The molecule has 0 atom stereocenters. The standard InChI is InChI=1S/C22H21ClN2O3S2/c1-25(2)30(27,28)18-12-13-20(23)19(14-18)22(26)24-15-16-8-6-7-11-21(16)29-17-9-4-3-5-10-17/h3-14H,15H2,1-2H3,(H,24,26). The summed E-state index contributed by atoms with van der Waals surface area (Å²) in [5.41, 5.74) is 1.07. The van der Waals surface area contributed by atoms with E-state index in [0.29, 0.717) is 0 Å². The van der Waals surface area contributed by atoms with Crippen molar-refractivity contribution in [3.8, 4) is 0 Å². The van der Waals surface area contributed by atoms with Crippen LogP contribution in [0.4, 0.5) is 0 Å². The highest BCUT2D eigenvalue weighted by molar-refractivity contribution is 7.99. The Morgan fingerprint density at radius 2 is 1.67 bits per heavy atom. The Labute approximate surface area is 186 Å². The van der Waals surface area contributed by atoms with Crippen molar-refractivity contribution in [2.24, 2.45) is 0 Å². The highest BCUT2D eigenvalue weighted by atomic mass is 35.5. The molecule has 30 heavy (non-hydrogen) atoms. The molecule has 3 rings (SSSR count). The fourth-order valence-corrected chi connectivity index (χ4v) is 4.78. The van der Waals surface area contributed by atoms with Gasteiger partial charge in [-0.2, -0.15) is 0 Å². The molecule has 0 saturated carbocycles. The molecule has 156 valence electrons. The van der Waals surface area contributed by atoms with Gasteiger partial charge in [0, 0.05) is 30.4 Å². The second kappa shape index (κ2) is 9.66.